The van der Waals surface area contributed by atoms with Crippen LogP contribution in [0.3, 0.4) is 0 Å². The smallest absolute Gasteiger partial charge is 0.293 e. The minimum absolute atomic E-state index is 0.0463. The van der Waals surface area contributed by atoms with Gasteiger partial charge in [-0.1, -0.05) is 29.0 Å². The number of hydrazone groups is 1. The number of hydrogen-bond donors (Lipinski definition) is 2. The highest BCUT2D eigenvalue weighted by molar-refractivity contribution is 7.98. The molecule has 0 atom stereocenters. The molecular formula is C19H18N8O2S2. The summed E-state index contributed by atoms with van der Waals surface area (Å²) in [5.41, 5.74) is 10.8. The zero-order valence-electron chi connectivity index (χ0n) is 16.6. The average molecular weight is 455 g/mol. The van der Waals surface area contributed by atoms with Gasteiger partial charge in [0.25, 0.3) is 5.91 Å². The molecule has 0 saturated carbocycles. The van der Waals surface area contributed by atoms with E-state index in [4.69, 9.17) is 5.73 Å². The Morgan fingerprint density at radius 2 is 2.10 bits per heavy atom. The number of nitrogen functional groups attached to an aromatic ring is 1. The summed E-state index contributed by atoms with van der Waals surface area (Å²) in [7, 11) is 0. The van der Waals surface area contributed by atoms with Crippen LogP contribution in [0, 0.1) is 6.92 Å². The second kappa shape index (κ2) is 9.10. The number of nitrogens with two attached hydrogens (primary N) is 1. The molecule has 3 aromatic heterocycles. The van der Waals surface area contributed by atoms with Crippen molar-refractivity contribution in [1.82, 2.24) is 30.7 Å². The third-order valence-corrected chi connectivity index (χ3v) is 6.28. The van der Waals surface area contributed by atoms with Crippen molar-refractivity contribution in [1.29, 1.82) is 0 Å². The van der Waals surface area contributed by atoms with Crippen LogP contribution < -0.4 is 11.2 Å². The Morgan fingerprint density at radius 3 is 2.77 bits per heavy atom. The second-order valence-corrected chi connectivity index (χ2v) is 8.48. The van der Waals surface area contributed by atoms with E-state index in [2.05, 4.69) is 35.8 Å². The molecule has 1 amide bonds. The number of carbonyl (C=O) groups is 1. The molecule has 12 heteroatoms. The van der Waals surface area contributed by atoms with E-state index in [-0.39, 0.29) is 17.3 Å². The number of thioether (sulfide) groups is 1. The van der Waals surface area contributed by atoms with Gasteiger partial charge in [-0.15, -0.1) is 28.2 Å². The molecular weight excluding hydrogens is 436 g/mol. The average Bonchev–Trinajstić information content (AvgIpc) is 3.52. The fourth-order valence-electron chi connectivity index (χ4n) is 2.63. The standard InChI is InChI=1S/C19H18N8O2S2/c1-11-5-7-13(8-6-11)31-10-14-16(22-26-27(14)18-17(20)24-29-25-18)19(28)23-21-12(2)15-4-3-9-30-15/h3-9H,10H2,1-2H3,(H2,20,24)(H,23,28). The maximum absolute atomic E-state index is 12.8. The summed E-state index contributed by atoms with van der Waals surface area (Å²) in [5.74, 6) is 0.115. The van der Waals surface area contributed by atoms with Crippen LogP contribution >= 0.6 is 23.1 Å². The molecule has 0 radical (unpaired) electrons. The van der Waals surface area contributed by atoms with Crippen molar-refractivity contribution < 1.29 is 9.42 Å². The zero-order chi connectivity index (χ0) is 21.8. The number of nitrogens with zero attached hydrogens (tertiary/aromatic N) is 6. The van der Waals surface area contributed by atoms with Gasteiger partial charge in [0.1, 0.15) is 0 Å². The van der Waals surface area contributed by atoms with Crippen LogP contribution in [0.5, 0.6) is 0 Å². The largest absolute Gasteiger partial charge is 0.378 e. The molecule has 0 bridgehead atoms. The minimum atomic E-state index is -0.489. The Kier molecular flexibility index (Phi) is 6.09. The van der Waals surface area contributed by atoms with Crippen LogP contribution in [0.15, 0.2) is 56.4 Å². The first kappa shape index (κ1) is 20.8. The first-order valence-corrected chi connectivity index (χ1v) is 11.0. The molecule has 0 spiro atoms. The Hall–Kier alpha value is -3.51. The third-order valence-electron chi connectivity index (χ3n) is 4.27. The lowest BCUT2D eigenvalue weighted by molar-refractivity contribution is 0.0949. The first-order chi connectivity index (χ1) is 15.0. The topological polar surface area (TPSA) is 137 Å². The van der Waals surface area contributed by atoms with E-state index in [0.29, 0.717) is 17.2 Å². The maximum atomic E-state index is 12.8. The Bertz CT molecular complexity index is 1210. The highest BCUT2D eigenvalue weighted by atomic mass is 32.2. The predicted molar refractivity (Wildman–Crippen MR) is 118 cm³/mol. The summed E-state index contributed by atoms with van der Waals surface area (Å²) in [6.45, 7) is 3.84. The van der Waals surface area contributed by atoms with Crippen LogP contribution in [0.4, 0.5) is 5.82 Å². The van der Waals surface area contributed by atoms with Crippen molar-refractivity contribution in [2.24, 2.45) is 5.10 Å². The molecule has 0 aliphatic carbocycles. The molecule has 4 rings (SSSR count). The molecule has 10 nitrogen and oxygen atoms in total. The van der Waals surface area contributed by atoms with Gasteiger partial charge in [-0.05, 0) is 47.7 Å². The van der Waals surface area contributed by atoms with Gasteiger partial charge in [0.2, 0.25) is 11.6 Å². The number of aromatic nitrogens is 5. The van der Waals surface area contributed by atoms with Crippen molar-refractivity contribution in [3.63, 3.8) is 0 Å². The Labute approximate surface area is 185 Å². The number of rotatable bonds is 7. The van der Waals surface area contributed by atoms with Crippen molar-refractivity contribution >= 4 is 40.5 Å². The predicted octanol–water partition coefficient (Wildman–Crippen LogP) is 3.05. The fourth-order valence-corrected chi connectivity index (χ4v) is 4.20. The highest BCUT2D eigenvalue weighted by Crippen LogP contribution is 2.26. The van der Waals surface area contributed by atoms with Crippen LogP contribution in [-0.4, -0.2) is 36.9 Å². The van der Waals surface area contributed by atoms with E-state index in [0.717, 1.165) is 15.3 Å². The van der Waals surface area contributed by atoms with Gasteiger partial charge in [-0.2, -0.15) is 9.78 Å². The number of nitrogens with one attached hydrogen (secondary N) is 1. The Morgan fingerprint density at radius 1 is 1.29 bits per heavy atom. The van der Waals surface area contributed by atoms with E-state index >= 15 is 0 Å². The van der Waals surface area contributed by atoms with Crippen LogP contribution in [0.2, 0.25) is 0 Å². The molecule has 0 aliphatic heterocycles. The lowest BCUT2D eigenvalue weighted by Gasteiger charge is -2.06. The second-order valence-electron chi connectivity index (χ2n) is 6.49. The van der Waals surface area contributed by atoms with Gasteiger partial charge in [-0.3, -0.25) is 4.79 Å². The van der Waals surface area contributed by atoms with Crippen LogP contribution in [-0.2, 0) is 5.75 Å². The van der Waals surface area contributed by atoms with Crippen molar-refractivity contribution in [3.8, 4) is 5.82 Å². The summed E-state index contributed by atoms with van der Waals surface area (Å²) >= 11 is 3.06. The third kappa shape index (κ3) is 4.64. The summed E-state index contributed by atoms with van der Waals surface area (Å²) in [5, 5.41) is 21.6. The van der Waals surface area contributed by atoms with Crippen LogP contribution in [0.1, 0.15) is 33.5 Å². The molecule has 158 valence electrons. The van der Waals surface area contributed by atoms with Gasteiger partial charge in [0.15, 0.2) is 5.69 Å². The normalized spacial score (nSPS) is 11.6. The summed E-state index contributed by atoms with van der Waals surface area (Å²) in [4.78, 5) is 14.8. The zero-order valence-corrected chi connectivity index (χ0v) is 18.3. The highest BCUT2D eigenvalue weighted by Gasteiger charge is 2.24. The van der Waals surface area contributed by atoms with Crippen molar-refractivity contribution in [2.45, 2.75) is 24.5 Å². The summed E-state index contributed by atoms with van der Waals surface area (Å²) in [6.07, 6.45) is 0. The minimum Gasteiger partial charge on any atom is -0.378 e. The SMILES string of the molecule is CC(=NNC(=O)c1nnn(-c2nonc2N)c1CSc1ccc(C)cc1)c1cccs1. The molecule has 3 heterocycles. The van der Waals surface area contributed by atoms with Gasteiger partial charge in [0.05, 0.1) is 11.4 Å². The molecule has 1 aromatic carbocycles. The van der Waals surface area contributed by atoms with Gasteiger partial charge in [-0.25, -0.2) is 10.1 Å². The van der Waals surface area contributed by atoms with E-state index in [1.807, 2.05) is 55.6 Å². The molecule has 0 unspecified atom stereocenters. The monoisotopic (exact) mass is 454 g/mol. The first-order valence-electron chi connectivity index (χ1n) is 9.14. The van der Waals surface area contributed by atoms with E-state index in [1.165, 1.54) is 27.8 Å². The van der Waals surface area contributed by atoms with E-state index in [9.17, 15) is 4.79 Å². The number of hydrogen-bond acceptors (Lipinski definition) is 10. The van der Waals surface area contributed by atoms with Gasteiger partial charge < -0.3 is 5.73 Å². The number of amides is 1. The molecule has 4 aromatic rings. The van der Waals surface area contributed by atoms with Gasteiger partial charge in [0, 0.05) is 15.5 Å². The molecule has 0 aliphatic rings. The maximum Gasteiger partial charge on any atom is 0.293 e. The molecule has 0 fully saturated rings. The summed E-state index contributed by atoms with van der Waals surface area (Å²) < 4.78 is 6.04. The van der Waals surface area contributed by atoms with Crippen molar-refractivity contribution in [2.75, 3.05) is 5.73 Å². The summed E-state index contributed by atoms with van der Waals surface area (Å²) in [6, 6.07) is 11.9. The lowest BCUT2D eigenvalue weighted by atomic mass is 10.2. The van der Waals surface area contributed by atoms with Crippen LogP contribution in [0.25, 0.3) is 5.82 Å². The van der Waals surface area contributed by atoms with E-state index < -0.39 is 5.91 Å². The number of benzene rings is 1. The molecule has 0 saturated heterocycles. The quantitative estimate of drug-likeness (QED) is 0.247. The molecule has 3 N–H and O–H groups in total. The number of carbonyl (C=O) groups excluding carboxylic acids is 1. The fraction of sp³-hybridized carbons (Fsp3) is 0.158. The Balaban J connectivity index is 1.61. The lowest BCUT2D eigenvalue weighted by Crippen LogP contribution is -2.21. The van der Waals surface area contributed by atoms with E-state index in [1.54, 1.807) is 0 Å². The number of anilines is 1. The van der Waals surface area contributed by atoms with Crippen molar-refractivity contribution in [3.05, 3.63) is 63.6 Å². The number of thiophene rings is 1. The number of aryl methyl sites for hydroxylation is 1. The van der Waals surface area contributed by atoms with Gasteiger partial charge >= 0.3 is 0 Å². The molecule has 31 heavy (non-hydrogen) atoms.